The fraction of sp³-hybridized carbons (Fsp3) is 0.385. The van der Waals surface area contributed by atoms with Gasteiger partial charge >= 0.3 is 5.97 Å². The maximum Gasteiger partial charge on any atom is 0.317 e. The molecule has 0 atom stereocenters. The molecule has 0 aliphatic heterocycles. The van der Waals surface area contributed by atoms with Crippen molar-refractivity contribution in [2.45, 2.75) is 13.8 Å². The number of nitrogens with zero attached hydrogens (tertiary/aromatic N) is 1. The molecule has 18 heavy (non-hydrogen) atoms. The molecule has 0 aliphatic carbocycles. The molecule has 5 heteroatoms. The van der Waals surface area contributed by atoms with Crippen LogP contribution in [-0.4, -0.2) is 42.0 Å². The lowest BCUT2D eigenvalue weighted by molar-refractivity contribution is -0.138. The molecule has 1 amide bonds. The molecule has 0 saturated carbocycles. The van der Waals surface area contributed by atoms with Crippen molar-refractivity contribution < 1.29 is 14.7 Å². The van der Waals surface area contributed by atoms with Gasteiger partial charge in [0.2, 0.25) is 5.91 Å². The van der Waals surface area contributed by atoms with Crippen LogP contribution in [0.1, 0.15) is 11.1 Å². The number of carbonyl (C=O) groups excluding carboxylic acids is 1. The standard InChI is InChI=1S/C13H18N2O3/c1-9-4-5-10(2)11(6-9)14-12(16)7-15(3)8-13(17)18/h4-6H,7-8H2,1-3H3,(H,14,16)(H,17,18). The normalized spacial score (nSPS) is 10.4. The first-order valence-corrected chi connectivity index (χ1v) is 5.66. The van der Waals surface area contributed by atoms with Crippen LogP contribution in [0.15, 0.2) is 18.2 Å². The SMILES string of the molecule is Cc1ccc(C)c(NC(=O)CN(C)CC(=O)O)c1. The van der Waals surface area contributed by atoms with Gasteiger partial charge in [-0.15, -0.1) is 0 Å². The van der Waals surface area contributed by atoms with Crippen molar-refractivity contribution in [2.24, 2.45) is 0 Å². The van der Waals surface area contributed by atoms with E-state index in [9.17, 15) is 9.59 Å². The van der Waals surface area contributed by atoms with Crippen LogP contribution in [0.4, 0.5) is 5.69 Å². The molecule has 1 aromatic carbocycles. The molecule has 0 spiro atoms. The number of benzene rings is 1. The zero-order valence-corrected chi connectivity index (χ0v) is 10.9. The van der Waals surface area contributed by atoms with Crippen LogP contribution in [0.25, 0.3) is 0 Å². The quantitative estimate of drug-likeness (QED) is 0.825. The molecule has 5 nitrogen and oxygen atoms in total. The van der Waals surface area contributed by atoms with Crippen molar-refractivity contribution >= 4 is 17.6 Å². The summed E-state index contributed by atoms with van der Waals surface area (Å²) >= 11 is 0. The number of rotatable bonds is 5. The lowest BCUT2D eigenvalue weighted by Gasteiger charge is -2.14. The molecular formula is C13H18N2O3. The summed E-state index contributed by atoms with van der Waals surface area (Å²) < 4.78 is 0. The number of anilines is 1. The van der Waals surface area contributed by atoms with E-state index >= 15 is 0 Å². The predicted molar refractivity (Wildman–Crippen MR) is 69.7 cm³/mol. The smallest absolute Gasteiger partial charge is 0.317 e. The number of carboxylic acid groups (broad SMARTS) is 1. The predicted octanol–water partition coefficient (Wildman–Crippen LogP) is 1.26. The third-order valence-electron chi connectivity index (χ3n) is 2.49. The molecule has 1 rings (SSSR count). The van der Waals surface area contributed by atoms with Gasteiger partial charge in [-0.2, -0.15) is 0 Å². The average Bonchev–Trinajstić information content (AvgIpc) is 2.21. The van der Waals surface area contributed by atoms with E-state index in [0.717, 1.165) is 16.8 Å². The van der Waals surface area contributed by atoms with E-state index < -0.39 is 5.97 Å². The summed E-state index contributed by atoms with van der Waals surface area (Å²) in [7, 11) is 1.59. The van der Waals surface area contributed by atoms with Gasteiger partial charge in [0.25, 0.3) is 0 Å². The van der Waals surface area contributed by atoms with Crippen molar-refractivity contribution in [1.82, 2.24) is 4.90 Å². The summed E-state index contributed by atoms with van der Waals surface area (Å²) in [4.78, 5) is 23.6. The number of hydrogen-bond acceptors (Lipinski definition) is 3. The van der Waals surface area contributed by atoms with Gasteiger partial charge < -0.3 is 10.4 Å². The van der Waals surface area contributed by atoms with Crippen molar-refractivity contribution in [3.8, 4) is 0 Å². The van der Waals surface area contributed by atoms with E-state index in [-0.39, 0.29) is 19.0 Å². The van der Waals surface area contributed by atoms with Crippen molar-refractivity contribution in [3.05, 3.63) is 29.3 Å². The largest absolute Gasteiger partial charge is 0.480 e. The molecule has 0 radical (unpaired) electrons. The van der Waals surface area contributed by atoms with E-state index in [2.05, 4.69) is 5.32 Å². The monoisotopic (exact) mass is 250 g/mol. The van der Waals surface area contributed by atoms with Crippen LogP contribution in [0.5, 0.6) is 0 Å². The van der Waals surface area contributed by atoms with Crippen LogP contribution >= 0.6 is 0 Å². The molecule has 0 heterocycles. The van der Waals surface area contributed by atoms with Crippen LogP contribution in [0.3, 0.4) is 0 Å². The molecule has 98 valence electrons. The number of carboxylic acids is 1. The lowest BCUT2D eigenvalue weighted by atomic mass is 10.1. The molecule has 2 N–H and O–H groups in total. The Labute approximate surface area is 106 Å². The molecule has 0 bridgehead atoms. The second-order valence-electron chi connectivity index (χ2n) is 4.43. The van der Waals surface area contributed by atoms with Gasteiger partial charge in [-0.05, 0) is 38.1 Å². The summed E-state index contributed by atoms with van der Waals surface area (Å²) in [6, 6.07) is 5.80. The van der Waals surface area contributed by atoms with Gasteiger partial charge in [-0.3, -0.25) is 14.5 Å². The minimum Gasteiger partial charge on any atom is -0.480 e. The fourth-order valence-electron chi connectivity index (χ4n) is 1.59. The Balaban J connectivity index is 2.59. The highest BCUT2D eigenvalue weighted by Gasteiger charge is 2.10. The first-order chi connectivity index (χ1) is 8.38. The maximum absolute atomic E-state index is 11.7. The minimum atomic E-state index is -0.947. The molecule has 1 aromatic rings. The Morgan fingerprint density at radius 3 is 2.56 bits per heavy atom. The minimum absolute atomic E-state index is 0.0552. The number of likely N-dealkylation sites (N-methyl/N-ethyl adjacent to an activating group) is 1. The summed E-state index contributed by atoms with van der Waals surface area (Å²) in [5, 5.41) is 11.4. The van der Waals surface area contributed by atoms with E-state index in [1.165, 1.54) is 4.90 Å². The second-order valence-corrected chi connectivity index (χ2v) is 4.43. The molecule has 0 aromatic heterocycles. The molecule has 0 unspecified atom stereocenters. The second kappa shape index (κ2) is 6.16. The first kappa shape index (κ1) is 14.2. The Morgan fingerprint density at radius 2 is 1.94 bits per heavy atom. The Hall–Kier alpha value is -1.88. The molecule has 0 saturated heterocycles. The Kier molecular flexibility index (Phi) is 4.85. The number of hydrogen-bond donors (Lipinski definition) is 2. The number of nitrogens with one attached hydrogen (secondary N) is 1. The highest BCUT2D eigenvalue weighted by Crippen LogP contribution is 2.16. The average molecular weight is 250 g/mol. The van der Waals surface area contributed by atoms with Crippen LogP contribution < -0.4 is 5.32 Å². The van der Waals surface area contributed by atoms with Crippen LogP contribution in [0.2, 0.25) is 0 Å². The highest BCUT2D eigenvalue weighted by atomic mass is 16.4. The van der Waals surface area contributed by atoms with Gasteiger partial charge in [-0.1, -0.05) is 12.1 Å². The number of carbonyl (C=O) groups is 2. The van der Waals surface area contributed by atoms with Gasteiger partial charge in [-0.25, -0.2) is 0 Å². The third-order valence-corrected chi connectivity index (χ3v) is 2.49. The maximum atomic E-state index is 11.7. The number of aryl methyl sites for hydroxylation is 2. The van der Waals surface area contributed by atoms with Gasteiger partial charge in [0.05, 0.1) is 13.1 Å². The van der Waals surface area contributed by atoms with Crippen molar-refractivity contribution in [1.29, 1.82) is 0 Å². The van der Waals surface area contributed by atoms with E-state index in [1.54, 1.807) is 7.05 Å². The van der Waals surface area contributed by atoms with Crippen LogP contribution in [0, 0.1) is 13.8 Å². The molecule has 0 aliphatic rings. The number of amides is 1. The summed E-state index contributed by atoms with van der Waals surface area (Å²) in [6.07, 6.45) is 0. The van der Waals surface area contributed by atoms with Gasteiger partial charge in [0.1, 0.15) is 0 Å². The zero-order chi connectivity index (χ0) is 13.7. The topological polar surface area (TPSA) is 69.6 Å². The Morgan fingerprint density at radius 1 is 1.28 bits per heavy atom. The van der Waals surface area contributed by atoms with Crippen LogP contribution in [-0.2, 0) is 9.59 Å². The zero-order valence-electron chi connectivity index (χ0n) is 10.9. The van der Waals surface area contributed by atoms with E-state index in [0.29, 0.717) is 0 Å². The Bertz CT molecular complexity index is 458. The summed E-state index contributed by atoms with van der Waals surface area (Å²) in [5.41, 5.74) is 2.81. The van der Waals surface area contributed by atoms with Gasteiger partial charge in [0.15, 0.2) is 0 Å². The summed E-state index contributed by atoms with van der Waals surface area (Å²) in [6.45, 7) is 3.77. The lowest BCUT2D eigenvalue weighted by Crippen LogP contribution is -2.33. The van der Waals surface area contributed by atoms with E-state index in [4.69, 9.17) is 5.11 Å². The summed E-state index contributed by atoms with van der Waals surface area (Å²) in [5.74, 6) is -1.16. The number of aliphatic carboxylic acids is 1. The third kappa shape index (κ3) is 4.55. The molecule has 0 fully saturated rings. The van der Waals surface area contributed by atoms with Crippen molar-refractivity contribution in [2.75, 3.05) is 25.5 Å². The molecular weight excluding hydrogens is 232 g/mol. The first-order valence-electron chi connectivity index (χ1n) is 5.66. The van der Waals surface area contributed by atoms with E-state index in [1.807, 2.05) is 32.0 Å². The van der Waals surface area contributed by atoms with Gasteiger partial charge in [0, 0.05) is 5.69 Å². The van der Waals surface area contributed by atoms with Crippen molar-refractivity contribution in [3.63, 3.8) is 0 Å². The fourth-order valence-corrected chi connectivity index (χ4v) is 1.59. The highest BCUT2D eigenvalue weighted by molar-refractivity contribution is 5.93.